The van der Waals surface area contributed by atoms with Gasteiger partial charge in [-0.1, -0.05) is 77.8 Å². The number of nitrogens with zero attached hydrogens (tertiary/aromatic N) is 1. The molecule has 0 aliphatic rings. The summed E-state index contributed by atoms with van der Waals surface area (Å²) in [6.07, 6.45) is -1.45. The molecular weight excluding hydrogens is 501 g/mol. The zero-order valence-electron chi connectivity index (χ0n) is 19.0. The fourth-order valence-electron chi connectivity index (χ4n) is 3.85. The first-order valence-electron chi connectivity index (χ1n) is 11.2. The van der Waals surface area contributed by atoms with Gasteiger partial charge in [-0.2, -0.15) is 5.10 Å². The zero-order valence-corrected chi connectivity index (χ0v) is 20.5. The number of hydrogen-bond acceptors (Lipinski definition) is 4. The topological polar surface area (TPSA) is 115 Å². The van der Waals surface area contributed by atoms with Crippen molar-refractivity contribution in [3.05, 3.63) is 100 Å². The molecule has 7 nitrogen and oxygen atoms in total. The molecule has 0 saturated carbocycles. The largest absolute Gasteiger partial charge is 0.479 e. The molecule has 0 radical (unpaired) electrons. The molecule has 1 amide bonds. The minimum absolute atomic E-state index is 0.161. The number of H-pyrrole nitrogens is 1. The third kappa shape index (κ3) is 6.31. The maximum absolute atomic E-state index is 13.0. The number of rotatable bonds is 9. The molecular formula is C27H23Cl2N3O4. The summed E-state index contributed by atoms with van der Waals surface area (Å²) in [4.78, 5) is 24.2. The van der Waals surface area contributed by atoms with E-state index in [-0.39, 0.29) is 12.1 Å². The highest BCUT2D eigenvalue weighted by molar-refractivity contribution is 6.36. The minimum Gasteiger partial charge on any atom is -0.479 e. The third-order valence-electron chi connectivity index (χ3n) is 5.70. The molecule has 4 N–H and O–H groups in total. The fourth-order valence-corrected chi connectivity index (χ4v) is 4.35. The first-order chi connectivity index (χ1) is 17.3. The van der Waals surface area contributed by atoms with E-state index in [9.17, 15) is 19.8 Å². The number of halogens is 2. The van der Waals surface area contributed by atoms with E-state index in [1.807, 2.05) is 54.6 Å². The van der Waals surface area contributed by atoms with Crippen LogP contribution < -0.4 is 5.32 Å². The zero-order chi connectivity index (χ0) is 25.7. The highest BCUT2D eigenvalue weighted by Gasteiger charge is 2.23. The Morgan fingerprint density at radius 1 is 0.944 bits per heavy atom. The van der Waals surface area contributed by atoms with Crippen molar-refractivity contribution in [3.8, 4) is 22.4 Å². The first kappa shape index (κ1) is 25.4. The number of carboxylic acids is 1. The predicted molar refractivity (Wildman–Crippen MR) is 139 cm³/mol. The number of benzene rings is 3. The van der Waals surface area contributed by atoms with Crippen LogP contribution in [-0.4, -0.2) is 44.4 Å². The summed E-state index contributed by atoms with van der Waals surface area (Å²) in [6, 6.07) is 23.5. The van der Waals surface area contributed by atoms with Crippen LogP contribution in [0.5, 0.6) is 0 Å². The van der Waals surface area contributed by atoms with E-state index in [1.54, 1.807) is 24.3 Å². The first-order valence-corrected chi connectivity index (χ1v) is 11.9. The monoisotopic (exact) mass is 523 g/mol. The second-order valence-electron chi connectivity index (χ2n) is 8.32. The Hall–Kier alpha value is -3.65. The molecule has 1 aromatic heterocycles. The van der Waals surface area contributed by atoms with Crippen molar-refractivity contribution >= 4 is 35.1 Å². The van der Waals surface area contributed by atoms with E-state index in [2.05, 4.69) is 15.5 Å². The average molecular weight is 524 g/mol. The molecule has 9 heteroatoms. The SMILES string of the molecule is O=C(N[C@H](Cc1ccc(-c2ccccc2)cc1)C[C@@H](O)C(=O)O)c1cc(-c2ccc(Cl)cc2Cl)n[nH]1. The molecule has 3 aromatic carbocycles. The second-order valence-corrected chi connectivity index (χ2v) is 9.16. The number of carboxylic acid groups (broad SMARTS) is 1. The van der Waals surface area contributed by atoms with Crippen molar-refractivity contribution in [3.63, 3.8) is 0 Å². The Labute approximate surface area is 217 Å². The number of aliphatic hydroxyl groups excluding tert-OH is 1. The molecule has 0 spiro atoms. The second kappa shape index (κ2) is 11.4. The summed E-state index contributed by atoms with van der Waals surface area (Å²) >= 11 is 12.2. The normalized spacial score (nSPS) is 12.6. The lowest BCUT2D eigenvalue weighted by Gasteiger charge is -2.20. The maximum atomic E-state index is 13.0. The standard InChI is InChI=1S/C27H23Cl2N3O4/c28-19-10-11-21(22(29)13-19)23-15-24(32-31-23)26(34)30-20(14-25(33)27(35)36)12-16-6-8-18(9-7-16)17-4-2-1-3-5-17/h1-11,13,15,20,25,33H,12,14H2,(H,30,34)(H,31,32)(H,35,36)/t20-,25-/m1/s1. The van der Waals surface area contributed by atoms with Crippen LogP contribution >= 0.6 is 23.2 Å². The lowest BCUT2D eigenvalue weighted by molar-refractivity contribution is -0.147. The van der Waals surface area contributed by atoms with Crippen LogP contribution in [0.1, 0.15) is 22.5 Å². The van der Waals surface area contributed by atoms with Gasteiger partial charge in [0.15, 0.2) is 6.10 Å². The molecule has 0 fully saturated rings. The van der Waals surface area contributed by atoms with Crippen LogP contribution in [0.2, 0.25) is 10.0 Å². The Morgan fingerprint density at radius 3 is 2.31 bits per heavy atom. The summed E-state index contributed by atoms with van der Waals surface area (Å²) < 4.78 is 0. The molecule has 1 heterocycles. The number of aromatic amines is 1. The van der Waals surface area contributed by atoms with Gasteiger partial charge in [-0.05, 0) is 47.4 Å². The number of hydrogen-bond donors (Lipinski definition) is 4. The van der Waals surface area contributed by atoms with Crippen molar-refractivity contribution in [1.29, 1.82) is 0 Å². The van der Waals surface area contributed by atoms with Crippen molar-refractivity contribution in [2.45, 2.75) is 25.0 Å². The van der Waals surface area contributed by atoms with Gasteiger partial charge in [-0.3, -0.25) is 9.89 Å². The highest BCUT2D eigenvalue weighted by atomic mass is 35.5. The molecule has 4 rings (SSSR count). The average Bonchev–Trinajstić information content (AvgIpc) is 3.35. The van der Waals surface area contributed by atoms with E-state index in [4.69, 9.17) is 23.2 Å². The van der Waals surface area contributed by atoms with Crippen LogP contribution in [0.4, 0.5) is 0 Å². The Kier molecular flexibility index (Phi) is 8.05. The lowest BCUT2D eigenvalue weighted by atomic mass is 9.97. The molecule has 0 saturated heterocycles. The van der Waals surface area contributed by atoms with Crippen molar-refractivity contribution in [1.82, 2.24) is 15.5 Å². The van der Waals surface area contributed by atoms with Crippen molar-refractivity contribution in [2.75, 3.05) is 0 Å². The summed E-state index contributed by atoms with van der Waals surface area (Å²) in [6.45, 7) is 0. The number of nitrogens with one attached hydrogen (secondary N) is 2. The van der Waals surface area contributed by atoms with E-state index >= 15 is 0 Å². The molecule has 184 valence electrons. The minimum atomic E-state index is -1.62. The quantitative estimate of drug-likeness (QED) is 0.240. The number of aliphatic hydroxyl groups is 1. The number of carbonyl (C=O) groups excluding carboxylic acids is 1. The maximum Gasteiger partial charge on any atom is 0.332 e. The van der Waals surface area contributed by atoms with Gasteiger partial charge in [0.05, 0.1) is 10.7 Å². The van der Waals surface area contributed by atoms with Gasteiger partial charge in [0.1, 0.15) is 5.69 Å². The van der Waals surface area contributed by atoms with E-state index < -0.39 is 24.0 Å². The number of carbonyl (C=O) groups is 2. The van der Waals surface area contributed by atoms with Crippen LogP contribution in [0, 0.1) is 0 Å². The summed E-state index contributed by atoms with van der Waals surface area (Å²) in [7, 11) is 0. The summed E-state index contributed by atoms with van der Waals surface area (Å²) in [5.41, 5.74) is 4.23. The van der Waals surface area contributed by atoms with Crippen molar-refractivity contribution in [2.24, 2.45) is 0 Å². The molecule has 0 bridgehead atoms. The van der Waals surface area contributed by atoms with Crippen LogP contribution in [0.25, 0.3) is 22.4 Å². The van der Waals surface area contributed by atoms with Gasteiger partial charge in [0, 0.05) is 23.0 Å². The van der Waals surface area contributed by atoms with Gasteiger partial charge in [-0.15, -0.1) is 0 Å². The molecule has 4 aromatic rings. The molecule has 0 aliphatic heterocycles. The number of amides is 1. The van der Waals surface area contributed by atoms with E-state index in [0.29, 0.717) is 27.7 Å². The van der Waals surface area contributed by atoms with Gasteiger partial charge >= 0.3 is 5.97 Å². The number of aromatic nitrogens is 2. The molecule has 0 aliphatic carbocycles. The fraction of sp³-hybridized carbons (Fsp3) is 0.148. The van der Waals surface area contributed by atoms with Crippen molar-refractivity contribution < 1.29 is 19.8 Å². The van der Waals surface area contributed by atoms with Crippen LogP contribution in [-0.2, 0) is 11.2 Å². The number of aliphatic carboxylic acids is 1. The van der Waals surface area contributed by atoms with Crippen LogP contribution in [0.15, 0.2) is 78.9 Å². The smallest absolute Gasteiger partial charge is 0.332 e. The molecule has 0 unspecified atom stereocenters. The van der Waals surface area contributed by atoms with Gasteiger partial charge in [-0.25, -0.2) is 4.79 Å². The summed E-state index contributed by atoms with van der Waals surface area (Å²) in [5.74, 6) is -1.84. The Bertz CT molecular complexity index is 1360. The lowest BCUT2D eigenvalue weighted by Crippen LogP contribution is -2.40. The summed E-state index contributed by atoms with van der Waals surface area (Å²) in [5, 5.41) is 29.7. The van der Waals surface area contributed by atoms with Gasteiger partial charge in [0.25, 0.3) is 5.91 Å². The molecule has 2 atom stereocenters. The third-order valence-corrected chi connectivity index (χ3v) is 6.25. The van der Waals surface area contributed by atoms with E-state index in [1.165, 1.54) is 0 Å². The predicted octanol–water partition coefficient (Wildman–Crippen LogP) is 5.23. The van der Waals surface area contributed by atoms with Gasteiger partial charge < -0.3 is 15.5 Å². The Morgan fingerprint density at radius 2 is 1.64 bits per heavy atom. The highest BCUT2D eigenvalue weighted by Crippen LogP contribution is 2.29. The van der Waals surface area contributed by atoms with Crippen LogP contribution in [0.3, 0.4) is 0 Å². The van der Waals surface area contributed by atoms with E-state index in [0.717, 1.165) is 16.7 Å². The van der Waals surface area contributed by atoms with Gasteiger partial charge in [0.2, 0.25) is 0 Å². The molecule has 36 heavy (non-hydrogen) atoms. The Balaban J connectivity index is 1.50.